The van der Waals surface area contributed by atoms with Gasteiger partial charge in [0.1, 0.15) is 5.75 Å². The van der Waals surface area contributed by atoms with Crippen molar-refractivity contribution in [2.75, 3.05) is 7.11 Å². The average Bonchev–Trinajstić information content (AvgIpc) is 2.29. The van der Waals surface area contributed by atoms with Gasteiger partial charge in [-0.2, -0.15) is 0 Å². The van der Waals surface area contributed by atoms with Crippen LogP contribution in [0.2, 0.25) is 5.02 Å². The minimum absolute atomic E-state index is 0.237. The standard InChI is InChI=1S/C13H18ClNO/c1-16-13-7-6-9(14)8-11(13)10-4-2-3-5-12(10)15/h6-8,10,12H,2-5,15H2,1H3. The van der Waals surface area contributed by atoms with Crippen LogP contribution in [0.25, 0.3) is 0 Å². The SMILES string of the molecule is COc1ccc(Cl)cc1C1CCCCC1N. The zero-order valence-electron chi connectivity index (χ0n) is 9.58. The van der Waals surface area contributed by atoms with E-state index in [0.717, 1.165) is 23.6 Å². The van der Waals surface area contributed by atoms with E-state index in [9.17, 15) is 0 Å². The Morgan fingerprint density at radius 3 is 2.75 bits per heavy atom. The summed E-state index contributed by atoms with van der Waals surface area (Å²) in [4.78, 5) is 0. The number of hydrogen-bond acceptors (Lipinski definition) is 2. The van der Waals surface area contributed by atoms with Gasteiger partial charge in [-0.15, -0.1) is 0 Å². The van der Waals surface area contributed by atoms with Crippen molar-refractivity contribution in [3.05, 3.63) is 28.8 Å². The third-order valence-corrected chi connectivity index (χ3v) is 3.65. The topological polar surface area (TPSA) is 35.2 Å². The van der Waals surface area contributed by atoms with Gasteiger partial charge in [0.25, 0.3) is 0 Å². The first kappa shape index (κ1) is 11.7. The lowest BCUT2D eigenvalue weighted by atomic mass is 9.80. The summed E-state index contributed by atoms with van der Waals surface area (Å²) in [7, 11) is 1.70. The molecule has 1 saturated carbocycles. The summed E-state index contributed by atoms with van der Waals surface area (Å²) in [5.41, 5.74) is 7.35. The summed E-state index contributed by atoms with van der Waals surface area (Å²) in [6.07, 6.45) is 4.72. The molecule has 0 radical (unpaired) electrons. The molecule has 2 atom stereocenters. The highest BCUT2D eigenvalue weighted by molar-refractivity contribution is 6.30. The number of nitrogens with two attached hydrogens (primary N) is 1. The van der Waals surface area contributed by atoms with Gasteiger partial charge in [-0.25, -0.2) is 0 Å². The van der Waals surface area contributed by atoms with E-state index in [-0.39, 0.29) is 6.04 Å². The van der Waals surface area contributed by atoms with Gasteiger partial charge in [-0.3, -0.25) is 0 Å². The highest BCUT2D eigenvalue weighted by Crippen LogP contribution is 2.37. The molecular weight excluding hydrogens is 222 g/mol. The van der Waals surface area contributed by atoms with Crippen molar-refractivity contribution in [3.8, 4) is 5.75 Å². The fourth-order valence-electron chi connectivity index (χ4n) is 2.54. The van der Waals surface area contributed by atoms with Crippen LogP contribution in [0.15, 0.2) is 18.2 Å². The molecule has 2 unspecified atom stereocenters. The van der Waals surface area contributed by atoms with E-state index in [4.69, 9.17) is 22.1 Å². The predicted octanol–water partition coefficient (Wildman–Crippen LogP) is 3.33. The van der Waals surface area contributed by atoms with E-state index < -0.39 is 0 Å². The number of rotatable bonds is 2. The highest BCUT2D eigenvalue weighted by Gasteiger charge is 2.25. The monoisotopic (exact) mass is 239 g/mol. The van der Waals surface area contributed by atoms with Crippen molar-refractivity contribution in [2.24, 2.45) is 5.73 Å². The first-order chi connectivity index (χ1) is 7.72. The molecule has 0 amide bonds. The van der Waals surface area contributed by atoms with E-state index in [1.165, 1.54) is 18.4 Å². The molecule has 0 heterocycles. The predicted molar refractivity (Wildman–Crippen MR) is 67.2 cm³/mol. The van der Waals surface area contributed by atoms with E-state index in [1.807, 2.05) is 18.2 Å². The Kier molecular flexibility index (Phi) is 3.72. The van der Waals surface area contributed by atoms with Crippen molar-refractivity contribution < 1.29 is 4.74 Å². The van der Waals surface area contributed by atoms with Gasteiger partial charge in [0.05, 0.1) is 7.11 Å². The second-order valence-corrected chi connectivity index (χ2v) is 4.88. The molecule has 0 aromatic heterocycles. The highest BCUT2D eigenvalue weighted by atomic mass is 35.5. The van der Waals surface area contributed by atoms with Gasteiger partial charge in [0, 0.05) is 22.5 Å². The fourth-order valence-corrected chi connectivity index (χ4v) is 2.72. The van der Waals surface area contributed by atoms with Gasteiger partial charge < -0.3 is 10.5 Å². The zero-order valence-corrected chi connectivity index (χ0v) is 10.3. The molecule has 1 fully saturated rings. The number of ether oxygens (including phenoxy) is 1. The maximum atomic E-state index is 6.19. The molecule has 2 rings (SSSR count). The van der Waals surface area contributed by atoms with Crippen molar-refractivity contribution in [2.45, 2.75) is 37.6 Å². The Hall–Kier alpha value is -0.730. The average molecular weight is 240 g/mol. The van der Waals surface area contributed by atoms with Gasteiger partial charge >= 0.3 is 0 Å². The first-order valence-electron chi connectivity index (χ1n) is 5.81. The van der Waals surface area contributed by atoms with Gasteiger partial charge in [-0.05, 0) is 31.0 Å². The van der Waals surface area contributed by atoms with Crippen LogP contribution in [0.3, 0.4) is 0 Å². The van der Waals surface area contributed by atoms with E-state index >= 15 is 0 Å². The molecule has 0 spiro atoms. The summed E-state index contributed by atoms with van der Waals surface area (Å²) in [5.74, 6) is 1.30. The van der Waals surface area contributed by atoms with Crippen LogP contribution < -0.4 is 10.5 Å². The van der Waals surface area contributed by atoms with Crippen LogP contribution in [0.1, 0.15) is 37.2 Å². The van der Waals surface area contributed by atoms with Crippen molar-refractivity contribution in [1.82, 2.24) is 0 Å². The van der Waals surface area contributed by atoms with Crippen molar-refractivity contribution in [3.63, 3.8) is 0 Å². The Morgan fingerprint density at radius 2 is 2.06 bits per heavy atom. The molecule has 16 heavy (non-hydrogen) atoms. The quantitative estimate of drug-likeness (QED) is 0.859. The fraction of sp³-hybridized carbons (Fsp3) is 0.538. The molecule has 1 aliphatic carbocycles. The third kappa shape index (κ3) is 2.33. The van der Waals surface area contributed by atoms with E-state index in [1.54, 1.807) is 7.11 Å². The summed E-state index contributed by atoms with van der Waals surface area (Å²) in [5, 5.41) is 0.758. The van der Waals surface area contributed by atoms with Crippen LogP contribution in [-0.2, 0) is 0 Å². The van der Waals surface area contributed by atoms with Crippen molar-refractivity contribution >= 4 is 11.6 Å². The number of halogens is 1. The Labute approximate surface area is 102 Å². The van der Waals surface area contributed by atoms with Crippen LogP contribution in [0, 0.1) is 0 Å². The molecule has 1 aromatic rings. The molecular formula is C13H18ClNO. The van der Waals surface area contributed by atoms with Crippen molar-refractivity contribution in [1.29, 1.82) is 0 Å². The summed E-state index contributed by atoms with van der Waals surface area (Å²) in [6, 6.07) is 6.02. The summed E-state index contributed by atoms with van der Waals surface area (Å²) in [6.45, 7) is 0. The molecule has 3 heteroatoms. The first-order valence-corrected chi connectivity index (χ1v) is 6.19. The maximum Gasteiger partial charge on any atom is 0.122 e. The van der Waals surface area contributed by atoms with Gasteiger partial charge in [0.2, 0.25) is 0 Å². The number of hydrogen-bond donors (Lipinski definition) is 1. The molecule has 88 valence electrons. The number of methoxy groups -OCH3 is 1. The van der Waals surface area contributed by atoms with Crippen LogP contribution in [0.4, 0.5) is 0 Å². The molecule has 1 aromatic carbocycles. The van der Waals surface area contributed by atoms with Crippen LogP contribution in [-0.4, -0.2) is 13.2 Å². The Bertz CT molecular complexity index is 367. The molecule has 2 N–H and O–H groups in total. The lowest BCUT2D eigenvalue weighted by Gasteiger charge is -2.30. The lowest BCUT2D eigenvalue weighted by Crippen LogP contribution is -2.31. The lowest BCUT2D eigenvalue weighted by molar-refractivity contribution is 0.360. The molecule has 2 nitrogen and oxygen atoms in total. The minimum atomic E-state index is 0.237. The van der Waals surface area contributed by atoms with E-state index in [2.05, 4.69) is 0 Å². The Morgan fingerprint density at radius 1 is 1.31 bits per heavy atom. The second kappa shape index (κ2) is 5.07. The summed E-state index contributed by atoms with van der Waals surface area (Å²) < 4.78 is 5.39. The van der Waals surface area contributed by atoms with E-state index in [0.29, 0.717) is 5.92 Å². The number of benzene rings is 1. The smallest absolute Gasteiger partial charge is 0.122 e. The molecule has 0 saturated heterocycles. The maximum absolute atomic E-state index is 6.19. The Balaban J connectivity index is 2.33. The second-order valence-electron chi connectivity index (χ2n) is 4.44. The molecule has 0 aliphatic heterocycles. The van der Waals surface area contributed by atoms with Crippen LogP contribution >= 0.6 is 11.6 Å². The summed E-state index contributed by atoms with van der Waals surface area (Å²) >= 11 is 6.04. The minimum Gasteiger partial charge on any atom is -0.496 e. The van der Waals surface area contributed by atoms with Crippen LogP contribution in [0.5, 0.6) is 5.75 Å². The zero-order chi connectivity index (χ0) is 11.5. The molecule has 1 aliphatic rings. The molecule has 0 bridgehead atoms. The third-order valence-electron chi connectivity index (χ3n) is 3.41. The largest absolute Gasteiger partial charge is 0.496 e. The van der Waals surface area contributed by atoms with Gasteiger partial charge in [0.15, 0.2) is 0 Å². The normalized spacial score (nSPS) is 25.4. The van der Waals surface area contributed by atoms with Gasteiger partial charge in [-0.1, -0.05) is 24.4 Å².